The highest BCUT2D eigenvalue weighted by atomic mass is 16.5. The number of rotatable bonds is 3. The van der Waals surface area contributed by atoms with Gasteiger partial charge >= 0.3 is 0 Å². The summed E-state index contributed by atoms with van der Waals surface area (Å²) in [5.74, 6) is 1.57. The molecule has 2 heteroatoms. The molecular weight excluding hydrogens is 198 g/mol. The molecule has 3 rings (SSSR count). The molecule has 86 valence electrons. The van der Waals surface area contributed by atoms with Crippen LogP contribution in [0.3, 0.4) is 0 Å². The van der Waals surface area contributed by atoms with Gasteiger partial charge in [-0.05, 0) is 49.3 Å². The summed E-state index contributed by atoms with van der Waals surface area (Å²) in [5, 5.41) is 0. The Labute approximate surface area is 96.8 Å². The lowest BCUT2D eigenvalue weighted by Crippen LogP contribution is -2.22. The van der Waals surface area contributed by atoms with E-state index in [4.69, 9.17) is 10.5 Å². The maximum absolute atomic E-state index is 6.13. The molecule has 2 fully saturated rings. The zero-order chi connectivity index (χ0) is 11.0. The van der Waals surface area contributed by atoms with Gasteiger partial charge in [-0.3, -0.25) is 0 Å². The summed E-state index contributed by atoms with van der Waals surface area (Å²) in [6.07, 6.45) is 6.57. The minimum atomic E-state index is 0.344. The van der Waals surface area contributed by atoms with Crippen LogP contribution in [-0.2, 0) is 0 Å². The maximum Gasteiger partial charge on any atom is 0.120 e. The molecule has 0 heterocycles. The molecule has 0 aliphatic heterocycles. The Morgan fingerprint density at radius 1 is 1.12 bits per heavy atom. The summed E-state index contributed by atoms with van der Waals surface area (Å²) >= 11 is 0. The monoisotopic (exact) mass is 217 g/mol. The van der Waals surface area contributed by atoms with Crippen molar-refractivity contribution >= 4 is 0 Å². The van der Waals surface area contributed by atoms with Crippen molar-refractivity contribution in [2.24, 2.45) is 5.73 Å². The molecule has 0 radical (unpaired) electrons. The second kappa shape index (κ2) is 4.10. The largest absolute Gasteiger partial charge is 0.490 e. The van der Waals surface area contributed by atoms with E-state index < -0.39 is 0 Å². The van der Waals surface area contributed by atoms with E-state index in [0.29, 0.717) is 18.1 Å². The molecule has 0 saturated heterocycles. The minimum absolute atomic E-state index is 0.344. The van der Waals surface area contributed by atoms with Crippen molar-refractivity contribution in [1.82, 2.24) is 0 Å². The Kier molecular flexibility index (Phi) is 2.60. The number of hydrogen-bond donors (Lipinski definition) is 1. The molecular formula is C14H19NO. The number of hydrogen-bond acceptors (Lipinski definition) is 2. The standard InChI is InChI=1S/C14H19NO/c15-14-6-2-5-13(14)10-3-1-4-12(9-10)16-11-7-8-11/h1,3-4,9,11,13-14H,2,5-8,15H2. The molecule has 2 aliphatic carbocycles. The van der Waals surface area contributed by atoms with Crippen molar-refractivity contribution in [2.75, 3.05) is 0 Å². The molecule has 0 bridgehead atoms. The van der Waals surface area contributed by atoms with Crippen LogP contribution in [-0.4, -0.2) is 12.1 Å². The van der Waals surface area contributed by atoms with E-state index in [0.717, 1.165) is 5.75 Å². The van der Waals surface area contributed by atoms with Crippen LogP contribution in [0, 0.1) is 0 Å². The summed E-state index contributed by atoms with van der Waals surface area (Å²) in [7, 11) is 0. The summed E-state index contributed by atoms with van der Waals surface area (Å²) < 4.78 is 5.82. The van der Waals surface area contributed by atoms with E-state index in [-0.39, 0.29) is 0 Å². The minimum Gasteiger partial charge on any atom is -0.490 e. The molecule has 1 aromatic rings. The first-order valence-corrected chi connectivity index (χ1v) is 6.35. The van der Waals surface area contributed by atoms with Gasteiger partial charge in [0, 0.05) is 6.04 Å². The van der Waals surface area contributed by atoms with E-state index in [1.54, 1.807) is 0 Å². The first-order chi connectivity index (χ1) is 7.83. The fourth-order valence-electron chi connectivity index (χ4n) is 2.60. The highest BCUT2D eigenvalue weighted by molar-refractivity contribution is 5.32. The molecule has 0 amide bonds. The van der Waals surface area contributed by atoms with Crippen LogP contribution >= 0.6 is 0 Å². The molecule has 0 spiro atoms. The lowest BCUT2D eigenvalue weighted by atomic mass is 9.94. The fraction of sp³-hybridized carbons (Fsp3) is 0.571. The third kappa shape index (κ3) is 2.07. The molecule has 0 aromatic heterocycles. The summed E-state index contributed by atoms with van der Waals surface area (Å²) in [6, 6.07) is 8.88. The molecule has 2 N–H and O–H groups in total. The van der Waals surface area contributed by atoms with Gasteiger partial charge in [-0.2, -0.15) is 0 Å². The normalized spacial score (nSPS) is 29.3. The van der Waals surface area contributed by atoms with Crippen molar-refractivity contribution in [1.29, 1.82) is 0 Å². The molecule has 2 aliphatic rings. The molecule has 2 atom stereocenters. The van der Waals surface area contributed by atoms with Gasteiger partial charge in [0.15, 0.2) is 0 Å². The number of nitrogens with two attached hydrogens (primary N) is 1. The Morgan fingerprint density at radius 2 is 2.00 bits per heavy atom. The summed E-state index contributed by atoms with van der Waals surface area (Å²) in [4.78, 5) is 0. The lowest BCUT2D eigenvalue weighted by molar-refractivity contribution is 0.302. The van der Waals surface area contributed by atoms with Gasteiger partial charge in [-0.1, -0.05) is 18.6 Å². The molecule has 1 aromatic carbocycles. The quantitative estimate of drug-likeness (QED) is 0.845. The topological polar surface area (TPSA) is 35.2 Å². The van der Waals surface area contributed by atoms with E-state index >= 15 is 0 Å². The van der Waals surface area contributed by atoms with Crippen LogP contribution in [0.15, 0.2) is 24.3 Å². The Morgan fingerprint density at radius 3 is 2.69 bits per heavy atom. The van der Waals surface area contributed by atoms with Crippen LogP contribution in [0.25, 0.3) is 0 Å². The number of benzene rings is 1. The van der Waals surface area contributed by atoms with E-state index in [1.807, 2.05) is 0 Å². The van der Waals surface area contributed by atoms with Crippen molar-refractivity contribution < 1.29 is 4.74 Å². The fourth-order valence-corrected chi connectivity index (χ4v) is 2.60. The molecule has 16 heavy (non-hydrogen) atoms. The first kappa shape index (κ1) is 10.2. The van der Waals surface area contributed by atoms with Crippen molar-refractivity contribution in [3.63, 3.8) is 0 Å². The lowest BCUT2D eigenvalue weighted by Gasteiger charge is -2.16. The number of ether oxygens (including phenoxy) is 1. The highest BCUT2D eigenvalue weighted by Gasteiger charge is 2.27. The van der Waals surface area contributed by atoms with Crippen molar-refractivity contribution in [3.8, 4) is 5.75 Å². The first-order valence-electron chi connectivity index (χ1n) is 6.35. The predicted molar refractivity (Wildman–Crippen MR) is 64.7 cm³/mol. The molecule has 2 unspecified atom stereocenters. The van der Waals surface area contributed by atoms with Crippen molar-refractivity contribution in [2.45, 2.75) is 50.2 Å². The van der Waals surface area contributed by atoms with Crippen LogP contribution in [0.5, 0.6) is 5.75 Å². The third-order valence-electron chi connectivity index (χ3n) is 3.68. The summed E-state index contributed by atoms with van der Waals surface area (Å²) in [6.45, 7) is 0. The van der Waals surface area contributed by atoms with E-state index in [9.17, 15) is 0 Å². The van der Waals surface area contributed by atoms with Gasteiger partial charge in [0.05, 0.1) is 6.10 Å². The van der Waals surface area contributed by atoms with E-state index in [1.165, 1.54) is 37.7 Å². The average Bonchev–Trinajstić information content (AvgIpc) is 2.99. The van der Waals surface area contributed by atoms with Crippen LogP contribution < -0.4 is 10.5 Å². The Bertz CT molecular complexity index is 373. The van der Waals surface area contributed by atoms with Crippen LogP contribution in [0.1, 0.15) is 43.6 Å². The Hall–Kier alpha value is -1.02. The summed E-state index contributed by atoms with van der Waals surface area (Å²) in [5.41, 5.74) is 7.50. The predicted octanol–water partition coefficient (Wildman–Crippen LogP) is 2.82. The SMILES string of the molecule is NC1CCCC1c1cccc(OC2CC2)c1. The van der Waals surface area contributed by atoms with Gasteiger partial charge in [-0.25, -0.2) is 0 Å². The van der Waals surface area contributed by atoms with Gasteiger partial charge in [0.25, 0.3) is 0 Å². The molecule has 2 saturated carbocycles. The van der Waals surface area contributed by atoms with Gasteiger partial charge in [0.2, 0.25) is 0 Å². The second-order valence-corrected chi connectivity index (χ2v) is 5.09. The molecule has 2 nitrogen and oxygen atoms in total. The Balaban J connectivity index is 1.77. The van der Waals surface area contributed by atoms with E-state index in [2.05, 4.69) is 24.3 Å². The van der Waals surface area contributed by atoms with Gasteiger partial charge in [0.1, 0.15) is 5.75 Å². The zero-order valence-corrected chi connectivity index (χ0v) is 9.56. The van der Waals surface area contributed by atoms with Gasteiger partial charge in [-0.15, -0.1) is 0 Å². The van der Waals surface area contributed by atoms with Crippen molar-refractivity contribution in [3.05, 3.63) is 29.8 Å². The zero-order valence-electron chi connectivity index (χ0n) is 9.56. The van der Waals surface area contributed by atoms with Crippen LogP contribution in [0.2, 0.25) is 0 Å². The smallest absolute Gasteiger partial charge is 0.120 e. The third-order valence-corrected chi connectivity index (χ3v) is 3.68. The maximum atomic E-state index is 6.13. The van der Waals surface area contributed by atoms with Gasteiger partial charge < -0.3 is 10.5 Å². The highest BCUT2D eigenvalue weighted by Crippen LogP contribution is 2.35. The average molecular weight is 217 g/mol. The van der Waals surface area contributed by atoms with Crippen LogP contribution in [0.4, 0.5) is 0 Å². The second-order valence-electron chi connectivity index (χ2n) is 5.09.